The standard InChI is InChI=1S/C12H21N5/c1-12(4-2-5-15-12)9-14-11-3-6-16-17(11)10-7-13-8-10/h3,6,10,13-15H,2,4-5,7-9H2,1H3. The Hall–Kier alpha value is -1.07. The molecule has 5 heteroatoms. The van der Waals surface area contributed by atoms with E-state index >= 15 is 0 Å². The third kappa shape index (κ3) is 2.17. The summed E-state index contributed by atoms with van der Waals surface area (Å²) in [6, 6.07) is 2.59. The van der Waals surface area contributed by atoms with Gasteiger partial charge in [-0.25, -0.2) is 4.68 Å². The van der Waals surface area contributed by atoms with E-state index in [9.17, 15) is 0 Å². The maximum absolute atomic E-state index is 4.40. The third-order valence-corrected chi connectivity index (χ3v) is 3.89. The minimum Gasteiger partial charge on any atom is -0.368 e. The quantitative estimate of drug-likeness (QED) is 0.714. The highest BCUT2D eigenvalue weighted by Crippen LogP contribution is 2.21. The molecule has 1 aromatic rings. The second-order valence-electron chi connectivity index (χ2n) is 5.42. The molecule has 5 nitrogen and oxygen atoms in total. The SMILES string of the molecule is CC1(CNc2ccnn2C2CNC2)CCCN1. The molecule has 0 bridgehead atoms. The van der Waals surface area contributed by atoms with Crippen LogP contribution in [-0.4, -0.2) is 41.5 Å². The summed E-state index contributed by atoms with van der Waals surface area (Å²) >= 11 is 0. The normalized spacial score (nSPS) is 29.2. The first-order chi connectivity index (χ1) is 8.27. The topological polar surface area (TPSA) is 53.9 Å². The van der Waals surface area contributed by atoms with Crippen molar-refractivity contribution in [2.45, 2.75) is 31.3 Å². The van der Waals surface area contributed by atoms with Crippen LogP contribution < -0.4 is 16.0 Å². The van der Waals surface area contributed by atoms with Gasteiger partial charge in [-0.3, -0.25) is 0 Å². The number of nitrogens with one attached hydrogen (secondary N) is 3. The Bertz CT molecular complexity index is 376. The van der Waals surface area contributed by atoms with E-state index in [1.807, 2.05) is 6.20 Å². The summed E-state index contributed by atoms with van der Waals surface area (Å²) in [6.07, 6.45) is 4.41. The first-order valence-electron chi connectivity index (χ1n) is 6.50. The zero-order chi connectivity index (χ0) is 11.7. The first kappa shape index (κ1) is 11.0. The van der Waals surface area contributed by atoms with Crippen LogP contribution >= 0.6 is 0 Å². The van der Waals surface area contributed by atoms with Gasteiger partial charge in [-0.2, -0.15) is 5.10 Å². The van der Waals surface area contributed by atoms with Gasteiger partial charge >= 0.3 is 0 Å². The highest BCUT2D eigenvalue weighted by Gasteiger charge is 2.28. The molecule has 2 saturated heterocycles. The van der Waals surface area contributed by atoms with Crippen LogP contribution in [0.5, 0.6) is 0 Å². The highest BCUT2D eigenvalue weighted by atomic mass is 15.4. The van der Waals surface area contributed by atoms with E-state index in [4.69, 9.17) is 0 Å². The van der Waals surface area contributed by atoms with Gasteiger partial charge in [0.2, 0.25) is 0 Å². The summed E-state index contributed by atoms with van der Waals surface area (Å²) < 4.78 is 2.11. The molecule has 3 rings (SSSR count). The van der Waals surface area contributed by atoms with E-state index in [0.717, 1.165) is 32.0 Å². The Kier molecular flexibility index (Phi) is 2.80. The van der Waals surface area contributed by atoms with Gasteiger partial charge in [0, 0.05) is 31.2 Å². The molecule has 1 unspecified atom stereocenters. The van der Waals surface area contributed by atoms with Gasteiger partial charge in [0.05, 0.1) is 12.2 Å². The molecule has 17 heavy (non-hydrogen) atoms. The lowest BCUT2D eigenvalue weighted by Crippen LogP contribution is -2.45. The summed E-state index contributed by atoms with van der Waals surface area (Å²) in [5, 5.41) is 14.8. The van der Waals surface area contributed by atoms with Crippen LogP contribution in [0.15, 0.2) is 12.3 Å². The van der Waals surface area contributed by atoms with Gasteiger partial charge in [0.25, 0.3) is 0 Å². The highest BCUT2D eigenvalue weighted by molar-refractivity contribution is 5.35. The molecule has 3 heterocycles. The number of hydrogen-bond acceptors (Lipinski definition) is 4. The van der Waals surface area contributed by atoms with Crippen molar-refractivity contribution >= 4 is 5.82 Å². The fraction of sp³-hybridized carbons (Fsp3) is 0.750. The minimum atomic E-state index is 0.243. The van der Waals surface area contributed by atoms with Crippen LogP contribution in [0.2, 0.25) is 0 Å². The van der Waals surface area contributed by atoms with Gasteiger partial charge in [-0.05, 0) is 26.3 Å². The molecule has 0 amide bonds. The predicted octanol–water partition coefficient (Wildman–Crippen LogP) is 0.581. The van der Waals surface area contributed by atoms with Crippen LogP contribution in [0.4, 0.5) is 5.82 Å². The lowest BCUT2D eigenvalue weighted by Gasteiger charge is -2.30. The largest absolute Gasteiger partial charge is 0.368 e. The van der Waals surface area contributed by atoms with Crippen LogP contribution in [0.3, 0.4) is 0 Å². The van der Waals surface area contributed by atoms with Gasteiger partial charge < -0.3 is 16.0 Å². The zero-order valence-corrected chi connectivity index (χ0v) is 10.4. The molecule has 0 spiro atoms. The molecule has 0 aromatic carbocycles. The average molecular weight is 235 g/mol. The molecule has 2 aliphatic rings. The van der Waals surface area contributed by atoms with E-state index in [2.05, 4.69) is 38.7 Å². The molecule has 2 aliphatic heterocycles. The smallest absolute Gasteiger partial charge is 0.124 e. The molecule has 0 radical (unpaired) electrons. The molecule has 1 atom stereocenters. The monoisotopic (exact) mass is 235 g/mol. The molecular formula is C12H21N5. The van der Waals surface area contributed by atoms with Crippen molar-refractivity contribution in [2.75, 3.05) is 31.5 Å². The molecule has 2 fully saturated rings. The zero-order valence-electron chi connectivity index (χ0n) is 10.4. The fourth-order valence-electron chi connectivity index (χ4n) is 2.59. The van der Waals surface area contributed by atoms with Crippen molar-refractivity contribution in [3.05, 3.63) is 12.3 Å². The van der Waals surface area contributed by atoms with Crippen molar-refractivity contribution < 1.29 is 0 Å². The lowest BCUT2D eigenvalue weighted by atomic mass is 10.0. The van der Waals surface area contributed by atoms with Crippen LogP contribution in [0.25, 0.3) is 0 Å². The van der Waals surface area contributed by atoms with E-state index in [-0.39, 0.29) is 5.54 Å². The fourth-order valence-corrected chi connectivity index (χ4v) is 2.59. The number of nitrogens with zero attached hydrogens (tertiary/aromatic N) is 2. The number of anilines is 1. The summed E-state index contributed by atoms with van der Waals surface area (Å²) in [7, 11) is 0. The van der Waals surface area contributed by atoms with Gasteiger partial charge in [-0.15, -0.1) is 0 Å². The van der Waals surface area contributed by atoms with Crippen molar-refractivity contribution in [3.63, 3.8) is 0 Å². The van der Waals surface area contributed by atoms with Crippen LogP contribution in [0.1, 0.15) is 25.8 Å². The van der Waals surface area contributed by atoms with Crippen molar-refractivity contribution in [1.82, 2.24) is 20.4 Å². The van der Waals surface area contributed by atoms with Gasteiger partial charge in [0.1, 0.15) is 5.82 Å². The summed E-state index contributed by atoms with van der Waals surface area (Å²) in [4.78, 5) is 0. The van der Waals surface area contributed by atoms with Crippen LogP contribution in [0, 0.1) is 0 Å². The molecule has 3 N–H and O–H groups in total. The number of rotatable bonds is 4. The molecule has 0 aliphatic carbocycles. The number of aromatic nitrogens is 2. The van der Waals surface area contributed by atoms with Crippen LogP contribution in [-0.2, 0) is 0 Å². The van der Waals surface area contributed by atoms with Crippen molar-refractivity contribution in [3.8, 4) is 0 Å². The second kappa shape index (κ2) is 4.31. The predicted molar refractivity (Wildman–Crippen MR) is 68.3 cm³/mol. The van der Waals surface area contributed by atoms with Gasteiger partial charge in [0.15, 0.2) is 0 Å². The average Bonchev–Trinajstić information content (AvgIpc) is 2.83. The van der Waals surface area contributed by atoms with Gasteiger partial charge in [-0.1, -0.05) is 0 Å². The molecule has 0 saturated carbocycles. The third-order valence-electron chi connectivity index (χ3n) is 3.89. The number of hydrogen-bond donors (Lipinski definition) is 3. The Labute approximate surface area is 102 Å². The Morgan fingerprint density at radius 3 is 3.12 bits per heavy atom. The summed E-state index contributed by atoms with van der Waals surface area (Å²) in [5.41, 5.74) is 0.243. The Balaban J connectivity index is 1.62. The first-order valence-corrected chi connectivity index (χ1v) is 6.50. The summed E-state index contributed by atoms with van der Waals surface area (Å²) in [5.74, 6) is 1.14. The Morgan fingerprint density at radius 2 is 2.47 bits per heavy atom. The second-order valence-corrected chi connectivity index (χ2v) is 5.42. The lowest BCUT2D eigenvalue weighted by molar-refractivity contribution is 0.320. The van der Waals surface area contributed by atoms with E-state index in [1.165, 1.54) is 12.8 Å². The van der Waals surface area contributed by atoms with Crippen molar-refractivity contribution in [2.24, 2.45) is 0 Å². The van der Waals surface area contributed by atoms with E-state index in [0.29, 0.717) is 6.04 Å². The molecular weight excluding hydrogens is 214 g/mol. The maximum Gasteiger partial charge on any atom is 0.124 e. The molecule has 94 valence electrons. The van der Waals surface area contributed by atoms with E-state index < -0.39 is 0 Å². The molecule has 1 aromatic heterocycles. The summed E-state index contributed by atoms with van der Waals surface area (Å²) in [6.45, 7) is 6.47. The minimum absolute atomic E-state index is 0.243. The Morgan fingerprint density at radius 1 is 1.59 bits per heavy atom. The maximum atomic E-state index is 4.40. The van der Waals surface area contributed by atoms with E-state index in [1.54, 1.807) is 0 Å². The van der Waals surface area contributed by atoms with Crippen molar-refractivity contribution in [1.29, 1.82) is 0 Å².